The quantitative estimate of drug-likeness (QED) is 0.678. The van der Waals surface area contributed by atoms with Crippen molar-refractivity contribution in [1.82, 2.24) is 14.8 Å². The van der Waals surface area contributed by atoms with E-state index >= 15 is 0 Å². The van der Waals surface area contributed by atoms with E-state index in [4.69, 9.17) is 11.6 Å². The summed E-state index contributed by atoms with van der Waals surface area (Å²) in [5.41, 5.74) is 4.25. The van der Waals surface area contributed by atoms with Gasteiger partial charge < -0.3 is 0 Å². The molecule has 5 heteroatoms. The Morgan fingerprint density at radius 2 is 1.81 bits per heavy atom. The van der Waals surface area contributed by atoms with Gasteiger partial charge in [0.2, 0.25) is 0 Å². The highest BCUT2D eigenvalue weighted by Gasteiger charge is 2.10. The molecule has 0 radical (unpaired) electrons. The lowest BCUT2D eigenvalue weighted by atomic mass is 10.00. The van der Waals surface area contributed by atoms with Crippen LogP contribution < -0.4 is 0 Å². The van der Waals surface area contributed by atoms with Gasteiger partial charge in [-0.1, -0.05) is 35.9 Å². The molecule has 0 saturated heterocycles. The molecule has 0 aliphatic rings. The van der Waals surface area contributed by atoms with Gasteiger partial charge in [0.1, 0.15) is 11.2 Å². The van der Waals surface area contributed by atoms with E-state index in [9.17, 15) is 5.26 Å². The van der Waals surface area contributed by atoms with Crippen LogP contribution in [0.1, 0.15) is 5.56 Å². The first-order valence-corrected chi connectivity index (χ1v) is 6.71. The molecular formula is C16H11ClN4. The number of aryl methyl sites for hydroxylation is 1. The van der Waals surface area contributed by atoms with Crippen LogP contribution >= 0.6 is 11.6 Å². The number of nitrogens with zero attached hydrogens (tertiary/aromatic N) is 4. The van der Waals surface area contributed by atoms with E-state index in [0.29, 0.717) is 5.56 Å². The maximum Gasteiger partial charge on any atom is 0.147 e. The summed E-state index contributed by atoms with van der Waals surface area (Å²) < 4.78 is 1.76. The second-order valence-electron chi connectivity index (χ2n) is 4.62. The third-order valence-corrected chi connectivity index (χ3v) is 3.54. The van der Waals surface area contributed by atoms with Gasteiger partial charge in [-0.05, 0) is 17.2 Å². The van der Waals surface area contributed by atoms with E-state index in [1.54, 1.807) is 16.9 Å². The van der Waals surface area contributed by atoms with E-state index in [1.165, 1.54) is 0 Å². The lowest BCUT2D eigenvalue weighted by molar-refractivity contribution is 0.768. The smallest absolute Gasteiger partial charge is 0.147 e. The Kier molecular flexibility index (Phi) is 3.43. The Labute approximate surface area is 127 Å². The number of benzene rings is 1. The Bertz CT molecular complexity index is 828. The van der Waals surface area contributed by atoms with Gasteiger partial charge >= 0.3 is 0 Å². The van der Waals surface area contributed by atoms with E-state index in [0.717, 1.165) is 22.3 Å². The van der Waals surface area contributed by atoms with Crippen molar-refractivity contribution in [1.29, 1.82) is 5.26 Å². The van der Waals surface area contributed by atoms with Gasteiger partial charge in [-0.3, -0.25) is 4.68 Å². The number of rotatable bonds is 2. The molecule has 0 bridgehead atoms. The maximum absolute atomic E-state index is 9.21. The van der Waals surface area contributed by atoms with E-state index in [2.05, 4.69) is 16.2 Å². The van der Waals surface area contributed by atoms with Crippen LogP contribution in [0.25, 0.3) is 22.3 Å². The van der Waals surface area contributed by atoms with Crippen molar-refractivity contribution in [3.63, 3.8) is 0 Å². The standard InChI is InChI=1S/C16H11ClN4/c1-21-10-13(9-20-21)11-2-4-12(5-3-11)14-6-7-19-16(17)15(14)8-18/h2-7,9-10H,1H3. The van der Waals surface area contributed by atoms with Crippen LogP contribution in [-0.4, -0.2) is 14.8 Å². The van der Waals surface area contributed by atoms with Crippen molar-refractivity contribution in [2.24, 2.45) is 7.05 Å². The third-order valence-electron chi connectivity index (χ3n) is 3.25. The molecule has 1 aromatic carbocycles. The molecule has 0 spiro atoms. The molecule has 4 nitrogen and oxygen atoms in total. The molecule has 0 N–H and O–H groups in total. The topological polar surface area (TPSA) is 54.5 Å². The second kappa shape index (κ2) is 5.39. The van der Waals surface area contributed by atoms with Crippen LogP contribution in [0.3, 0.4) is 0 Å². The molecule has 0 aliphatic carbocycles. The average Bonchev–Trinajstić information content (AvgIpc) is 2.94. The SMILES string of the molecule is Cn1cc(-c2ccc(-c3ccnc(Cl)c3C#N)cc2)cn1. The fraction of sp³-hybridized carbons (Fsp3) is 0.0625. The van der Waals surface area contributed by atoms with Crippen molar-refractivity contribution in [2.45, 2.75) is 0 Å². The highest BCUT2D eigenvalue weighted by molar-refractivity contribution is 6.31. The summed E-state index contributed by atoms with van der Waals surface area (Å²) in [5, 5.41) is 13.6. The van der Waals surface area contributed by atoms with Crippen molar-refractivity contribution < 1.29 is 0 Å². The molecular weight excluding hydrogens is 284 g/mol. The van der Waals surface area contributed by atoms with E-state index in [1.807, 2.05) is 43.7 Å². The van der Waals surface area contributed by atoms with Crippen LogP contribution in [0, 0.1) is 11.3 Å². The number of aromatic nitrogens is 3. The molecule has 0 unspecified atom stereocenters. The number of pyridine rings is 1. The third kappa shape index (κ3) is 2.51. The van der Waals surface area contributed by atoms with Gasteiger partial charge in [0.05, 0.1) is 11.8 Å². The monoisotopic (exact) mass is 294 g/mol. The first-order valence-electron chi connectivity index (χ1n) is 6.33. The van der Waals surface area contributed by atoms with Crippen LogP contribution in [-0.2, 0) is 7.05 Å². The minimum Gasteiger partial charge on any atom is -0.275 e. The minimum absolute atomic E-state index is 0.228. The van der Waals surface area contributed by atoms with Gasteiger partial charge in [0.15, 0.2) is 0 Å². The second-order valence-corrected chi connectivity index (χ2v) is 4.97. The fourth-order valence-corrected chi connectivity index (χ4v) is 2.40. The van der Waals surface area contributed by atoms with Gasteiger partial charge in [0.25, 0.3) is 0 Å². The van der Waals surface area contributed by atoms with Crippen LogP contribution in [0.4, 0.5) is 0 Å². The number of hydrogen-bond acceptors (Lipinski definition) is 3. The van der Waals surface area contributed by atoms with Gasteiger partial charge in [-0.25, -0.2) is 4.98 Å². The molecule has 0 aliphatic heterocycles. The summed E-state index contributed by atoms with van der Waals surface area (Å²) in [6, 6.07) is 11.8. The summed E-state index contributed by atoms with van der Waals surface area (Å²) in [5.74, 6) is 0. The zero-order valence-electron chi connectivity index (χ0n) is 11.3. The van der Waals surface area contributed by atoms with Crippen LogP contribution in [0.5, 0.6) is 0 Å². The predicted octanol–water partition coefficient (Wildman–Crippen LogP) is 3.67. The zero-order chi connectivity index (χ0) is 14.8. The van der Waals surface area contributed by atoms with Gasteiger partial charge in [-0.15, -0.1) is 0 Å². The van der Waals surface area contributed by atoms with Gasteiger partial charge in [-0.2, -0.15) is 10.4 Å². The molecule has 3 aromatic rings. The largest absolute Gasteiger partial charge is 0.275 e. The van der Waals surface area contributed by atoms with Crippen molar-refractivity contribution in [3.05, 3.63) is 59.6 Å². The predicted molar refractivity (Wildman–Crippen MR) is 81.6 cm³/mol. The Hall–Kier alpha value is -2.64. The summed E-state index contributed by atoms with van der Waals surface area (Å²) in [6.07, 6.45) is 5.38. The van der Waals surface area contributed by atoms with Gasteiger partial charge in [0, 0.05) is 30.6 Å². The highest BCUT2D eigenvalue weighted by atomic mass is 35.5. The maximum atomic E-state index is 9.21. The Morgan fingerprint density at radius 1 is 1.10 bits per heavy atom. The molecule has 2 aromatic heterocycles. The van der Waals surface area contributed by atoms with Crippen molar-refractivity contribution in [2.75, 3.05) is 0 Å². The Balaban J connectivity index is 2.02. The number of halogens is 1. The van der Waals surface area contributed by atoms with E-state index < -0.39 is 0 Å². The summed E-state index contributed by atoms with van der Waals surface area (Å²) in [4.78, 5) is 3.94. The summed E-state index contributed by atoms with van der Waals surface area (Å²) in [7, 11) is 1.88. The minimum atomic E-state index is 0.228. The molecule has 0 amide bonds. The molecule has 3 rings (SSSR count). The van der Waals surface area contributed by atoms with Crippen LogP contribution in [0.2, 0.25) is 5.15 Å². The number of hydrogen-bond donors (Lipinski definition) is 0. The lowest BCUT2D eigenvalue weighted by Gasteiger charge is -2.06. The summed E-state index contributed by atoms with van der Waals surface area (Å²) in [6.45, 7) is 0. The fourth-order valence-electron chi connectivity index (χ4n) is 2.20. The first kappa shape index (κ1) is 13.3. The zero-order valence-corrected chi connectivity index (χ0v) is 12.0. The van der Waals surface area contributed by atoms with Crippen molar-refractivity contribution in [3.8, 4) is 28.3 Å². The molecule has 0 fully saturated rings. The summed E-state index contributed by atoms with van der Waals surface area (Å²) >= 11 is 5.96. The molecule has 102 valence electrons. The molecule has 0 saturated carbocycles. The first-order chi connectivity index (χ1) is 10.2. The average molecular weight is 295 g/mol. The normalized spacial score (nSPS) is 10.3. The Morgan fingerprint density at radius 3 is 2.43 bits per heavy atom. The van der Waals surface area contributed by atoms with Crippen molar-refractivity contribution >= 4 is 11.6 Å². The highest BCUT2D eigenvalue weighted by Crippen LogP contribution is 2.29. The molecule has 0 atom stereocenters. The molecule has 21 heavy (non-hydrogen) atoms. The van der Waals surface area contributed by atoms with E-state index in [-0.39, 0.29) is 5.15 Å². The lowest BCUT2D eigenvalue weighted by Crippen LogP contribution is -1.88. The van der Waals surface area contributed by atoms with Crippen LogP contribution in [0.15, 0.2) is 48.9 Å². The molecule has 2 heterocycles. The number of nitriles is 1.